The Bertz CT molecular complexity index is 994. The summed E-state index contributed by atoms with van der Waals surface area (Å²) in [6.45, 7) is 4.61. The summed E-state index contributed by atoms with van der Waals surface area (Å²) in [5.41, 5.74) is 6.64. The van der Waals surface area contributed by atoms with Gasteiger partial charge in [-0.3, -0.25) is 9.78 Å². The summed E-state index contributed by atoms with van der Waals surface area (Å²) >= 11 is 0. The first kappa shape index (κ1) is 19.2. The number of nitrogens with one attached hydrogen (secondary N) is 1. The second-order valence-corrected chi connectivity index (χ2v) is 7.75. The van der Waals surface area contributed by atoms with Gasteiger partial charge in [-0.25, -0.2) is 0 Å². The lowest BCUT2D eigenvalue weighted by molar-refractivity contribution is -0.121. The highest BCUT2D eigenvalue weighted by atomic mass is 16.5. The zero-order valence-electron chi connectivity index (χ0n) is 16.9. The molecule has 0 bridgehead atoms. The molecular weight excluding hydrogens is 360 g/mol. The van der Waals surface area contributed by atoms with Gasteiger partial charge in [0.05, 0.1) is 12.2 Å². The van der Waals surface area contributed by atoms with Gasteiger partial charge in [0.25, 0.3) is 0 Å². The maximum absolute atomic E-state index is 12.3. The Balaban J connectivity index is 1.33. The first-order valence-corrected chi connectivity index (χ1v) is 10.1. The number of carbonyl (C=O) groups excluding carboxylic acids is 1. The third-order valence-corrected chi connectivity index (χ3v) is 5.30. The highest BCUT2D eigenvalue weighted by Crippen LogP contribution is 2.37. The number of rotatable bonds is 6. The predicted molar refractivity (Wildman–Crippen MR) is 115 cm³/mol. The number of nitrogens with zero attached hydrogens (tertiary/aromatic N) is 1. The van der Waals surface area contributed by atoms with E-state index in [4.69, 9.17) is 4.74 Å². The summed E-state index contributed by atoms with van der Waals surface area (Å²) in [5.74, 6) is 0.952. The highest BCUT2D eigenvalue weighted by molar-refractivity contribution is 5.76. The van der Waals surface area contributed by atoms with E-state index >= 15 is 0 Å². The van der Waals surface area contributed by atoms with Gasteiger partial charge in [-0.2, -0.15) is 0 Å². The molecule has 1 atom stereocenters. The molecule has 29 heavy (non-hydrogen) atoms. The molecule has 1 aliphatic heterocycles. The molecular formula is C25H26N2O2. The van der Waals surface area contributed by atoms with Gasteiger partial charge in [-0.05, 0) is 49.1 Å². The number of hydrogen-bond donors (Lipinski definition) is 1. The minimum absolute atomic E-state index is 0.0417. The van der Waals surface area contributed by atoms with Crippen LogP contribution in [0.3, 0.4) is 0 Å². The van der Waals surface area contributed by atoms with Crippen molar-refractivity contribution in [2.24, 2.45) is 0 Å². The van der Waals surface area contributed by atoms with E-state index in [2.05, 4.69) is 53.6 Å². The number of para-hydroxylation sites is 1. The van der Waals surface area contributed by atoms with Gasteiger partial charge in [0.1, 0.15) is 11.9 Å². The molecule has 0 saturated heterocycles. The van der Waals surface area contributed by atoms with Gasteiger partial charge in [0, 0.05) is 24.6 Å². The second kappa shape index (κ2) is 8.48. The second-order valence-electron chi connectivity index (χ2n) is 7.75. The molecule has 0 spiro atoms. The third-order valence-electron chi connectivity index (χ3n) is 5.30. The van der Waals surface area contributed by atoms with Gasteiger partial charge in [-0.1, -0.05) is 48.0 Å². The molecule has 4 rings (SSSR count). The lowest BCUT2D eigenvalue weighted by Crippen LogP contribution is -2.34. The lowest BCUT2D eigenvalue weighted by atomic mass is 10.0. The number of fused-ring (bicyclic) bond motifs is 1. The molecule has 1 amide bonds. The SMILES string of the molecule is Cc1ccc(CCC(=O)NC[C@@H]2Cc3cccc(-c4ccc(C)cn4)c3O2)cc1. The molecule has 0 unspecified atom stereocenters. The fraction of sp³-hybridized carbons (Fsp3) is 0.280. The van der Waals surface area contributed by atoms with Crippen molar-refractivity contribution in [1.29, 1.82) is 0 Å². The van der Waals surface area contributed by atoms with Crippen molar-refractivity contribution < 1.29 is 9.53 Å². The lowest BCUT2D eigenvalue weighted by Gasteiger charge is -2.13. The van der Waals surface area contributed by atoms with Crippen molar-refractivity contribution in [1.82, 2.24) is 10.3 Å². The van der Waals surface area contributed by atoms with E-state index in [1.54, 1.807) is 0 Å². The van der Waals surface area contributed by atoms with Crippen molar-refractivity contribution in [3.63, 3.8) is 0 Å². The molecule has 0 saturated carbocycles. The van der Waals surface area contributed by atoms with E-state index in [9.17, 15) is 4.79 Å². The maximum atomic E-state index is 12.3. The van der Waals surface area contributed by atoms with Crippen LogP contribution in [0.4, 0.5) is 0 Å². The van der Waals surface area contributed by atoms with Crippen LogP contribution in [0.2, 0.25) is 0 Å². The molecule has 2 aromatic carbocycles. The van der Waals surface area contributed by atoms with Gasteiger partial charge in [0.15, 0.2) is 0 Å². The minimum Gasteiger partial charge on any atom is -0.487 e. The molecule has 148 valence electrons. The van der Waals surface area contributed by atoms with Crippen LogP contribution in [0.1, 0.15) is 28.7 Å². The summed E-state index contributed by atoms with van der Waals surface area (Å²) < 4.78 is 6.19. The topological polar surface area (TPSA) is 51.2 Å². The Morgan fingerprint density at radius 2 is 1.86 bits per heavy atom. The molecule has 2 heterocycles. The van der Waals surface area contributed by atoms with Crippen LogP contribution in [-0.4, -0.2) is 23.5 Å². The van der Waals surface area contributed by atoms with E-state index in [-0.39, 0.29) is 12.0 Å². The molecule has 1 aromatic heterocycles. The number of carbonyl (C=O) groups is 1. The van der Waals surface area contributed by atoms with Gasteiger partial charge >= 0.3 is 0 Å². The number of amides is 1. The van der Waals surface area contributed by atoms with E-state index in [0.29, 0.717) is 13.0 Å². The number of hydrogen-bond acceptors (Lipinski definition) is 3. The molecule has 4 nitrogen and oxygen atoms in total. The van der Waals surface area contributed by atoms with Crippen LogP contribution in [-0.2, 0) is 17.6 Å². The van der Waals surface area contributed by atoms with E-state index in [0.717, 1.165) is 35.4 Å². The van der Waals surface area contributed by atoms with Crippen molar-refractivity contribution in [2.45, 2.75) is 39.2 Å². The zero-order chi connectivity index (χ0) is 20.2. The largest absolute Gasteiger partial charge is 0.487 e. The molecule has 0 radical (unpaired) electrons. The number of ether oxygens (including phenoxy) is 1. The van der Waals surface area contributed by atoms with Crippen LogP contribution in [0.15, 0.2) is 60.8 Å². The zero-order valence-corrected chi connectivity index (χ0v) is 16.9. The fourth-order valence-electron chi connectivity index (χ4n) is 3.61. The first-order valence-electron chi connectivity index (χ1n) is 10.1. The van der Waals surface area contributed by atoms with Gasteiger partial charge in [0.2, 0.25) is 5.91 Å². The standard InChI is InChI=1S/C25H26N2O2/c1-17-6-9-19(10-7-17)11-13-24(28)27-16-21-14-20-4-3-5-22(25(20)29-21)23-12-8-18(2)15-26-23/h3-10,12,15,21H,11,13-14,16H2,1-2H3,(H,27,28)/t21-/m0/s1. The fourth-order valence-corrected chi connectivity index (χ4v) is 3.61. The normalized spacial score (nSPS) is 14.9. The average molecular weight is 386 g/mol. The smallest absolute Gasteiger partial charge is 0.220 e. The van der Waals surface area contributed by atoms with Crippen LogP contribution < -0.4 is 10.1 Å². The van der Waals surface area contributed by atoms with Crippen LogP contribution in [0.25, 0.3) is 11.3 Å². The van der Waals surface area contributed by atoms with E-state index in [1.807, 2.05) is 31.3 Å². The summed E-state index contributed by atoms with van der Waals surface area (Å²) in [4.78, 5) is 16.8. The molecule has 4 heteroatoms. The molecule has 1 aliphatic rings. The Morgan fingerprint density at radius 1 is 1.07 bits per heavy atom. The summed E-state index contributed by atoms with van der Waals surface area (Å²) in [5, 5.41) is 3.03. The number of benzene rings is 2. The van der Waals surface area contributed by atoms with Gasteiger partial charge in [-0.15, -0.1) is 0 Å². The molecule has 1 N–H and O–H groups in total. The quantitative estimate of drug-likeness (QED) is 0.682. The average Bonchev–Trinajstić information content (AvgIpc) is 3.16. The number of pyridine rings is 1. The first-order chi connectivity index (χ1) is 14.1. The van der Waals surface area contributed by atoms with Crippen molar-refractivity contribution in [3.05, 3.63) is 83.0 Å². The summed E-state index contributed by atoms with van der Waals surface area (Å²) in [6, 6.07) is 18.6. The predicted octanol–water partition coefficient (Wildman–Crippen LogP) is 4.42. The summed E-state index contributed by atoms with van der Waals surface area (Å²) in [7, 11) is 0. The maximum Gasteiger partial charge on any atom is 0.220 e. The van der Waals surface area contributed by atoms with Crippen molar-refractivity contribution >= 4 is 5.91 Å². The van der Waals surface area contributed by atoms with Crippen molar-refractivity contribution in [2.75, 3.05) is 6.54 Å². The monoisotopic (exact) mass is 386 g/mol. The molecule has 0 fully saturated rings. The molecule has 0 aliphatic carbocycles. The van der Waals surface area contributed by atoms with Crippen molar-refractivity contribution in [3.8, 4) is 17.0 Å². The number of aryl methyl sites for hydroxylation is 3. The Hall–Kier alpha value is -3.14. The Kier molecular flexibility index (Phi) is 5.61. The minimum atomic E-state index is -0.0417. The summed E-state index contributed by atoms with van der Waals surface area (Å²) in [6.07, 6.45) is 3.87. The number of aromatic nitrogens is 1. The highest BCUT2D eigenvalue weighted by Gasteiger charge is 2.26. The van der Waals surface area contributed by atoms with Crippen LogP contribution >= 0.6 is 0 Å². The molecule has 3 aromatic rings. The Morgan fingerprint density at radius 3 is 2.62 bits per heavy atom. The van der Waals surface area contributed by atoms with E-state index < -0.39 is 0 Å². The third kappa shape index (κ3) is 4.65. The van der Waals surface area contributed by atoms with Crippen LogP contribution in [0, 0.1) is 13.8 Å². The Labute approximate surface area is 172 Å². The van der Waals surface area contributed by atoms with Crippen LogP contribution in [0.5, 0.6) is 5.75 Å². The van der Waals surface area contributed by atoms with E-state index in [1.165, 1.54) is 16.7 Å². The van der Waals surface area contributed by atoms with Gasteiger partial charge < -0.3 is 10.1 Å².